The van der Waals surface area contributed by atoms with Crippen LogP contribution in [0.3, 0.4) is 0 Å². The predicted molar refractivity (Wildman–Crippen MR) is 129 cm³/mol. The number of amides is 2. The summed E-state index contributed by atoms with van der Waals surface area (Å²) in [5.74, 6) is -0.565. The van der Waals surface area contributed by atoms with Gasteiger partial charge in [0.2, 0.25) is 0 Å². The van der Waals surface area contributed by atoms with Crippen LogP contribution in [0.15, 0.2) is 23.6 Å². The highest BCUT2D eigenvalue weighted by molar-refractivity contribution is 7.14. The van der Waals surface area contributed by atoms with Crippen LogP contribution >= 0.6 is 36.2 Å². The Balaban J connectivity index is 0.00000450. The maximum absolute atomic E-state index is 12.3. The van der Waals surface area contributed by atoms with Crippen LogP contribution in [0.1, 0.15) is 48.5 Å². The van der Waals surface area contributed by atoms with Gasteiger partial charge in [0, 0.05) is 36.1 Å². The largest absolute Gasteiger partial charge is 0.504 e. The minimum Gasteiger partial charge on any atom is -0.504 e. The summed E-state index contributed by atoms with van der Waals surface area (Å²) in [6, 6.07) is 5.13. The average molecular weight is 493 g/mol. The van der Waals surface area contributed by atoms with Crippen molar-refractivity contribution in [2.45, 2.75) is 39.8 Å². The molecule has 0 spiro atoms. The molecule has 1 heterocycles. The number of carbonyl (C=O) groups is 2. The molecule has 0 radical (unpaired) electrons. The number of anilines is 1. The molecule has 2 aromatic rings. The Kier molecular flexibility index (Phi) is 12.5. The molecule has 0 fully saturated rings. The van der Waals surface area contributed by atoms with E-state index >= 15 is 0 Å². The lowest BCUT2D eigenvalue weighted by molar-refractivity contribution is 0.0934. The second-order valence-electron chi connectivity index (χ2n) is 7.06. The maximum atomic E-state index is 12.3. The molecule has 0 saturated heterocycles. The summed E-state index contributed by atoms with van der Waals surface area (Å²) in [6.45, 7) is 9.76. The molecular weight excluding hydrogens is 463 g/mol. The first-order valence-electron chi connectivity index (χ1n) is 9.40. The summed E-state index contributed by atoms with van der Waals surface area (Å²) < 4.78 is 4.96. The van der Waals surface area contributed by atoms with E-state index in [0.717, 1.165) is 17.9 Å². The van der Waals surface area contributed by atoms with Gasteiger partial charge >= 0.3 is 0 Å². The number of thiazole rings is 1. The molecule has 3 N–H and O–H groups in total. The highest BCUT2D eigenvalue weighted by atomic mass is 35.5. The lowest BCUT2D eigenvalue weighted by Crippen LogP contribution is -2.42. The van der Waals surface area contributed by atoms with E-state index in [4.69, 9.17) is 4.74 Å². The molecule has 0 atom stereocenters. The first kappa shape index (κ1) is 28.9. The van der Waals surface area contributed by atoms with Crippen molar-refractivity contribution in [1.82, 2.24) is 15.2 Å². The normalized spacial score (nSPS) is 10.5. The molecule has 0 saturated carbocycles. The molecule has 31 heavy (non-hydrogen) atoms. The van der Waals surface area contributed by atoms with Crippen LogP contribution in [-0.2, 0) is 0 Å². The third-order valence-corrected chi connectivity index (χ3v) is 5.14. The van der Waals surface area contributed by atoms with Crippen molar-refractivity contribution in [3.8, 4) is 11.5 Å². The summed E-state index contributed by atoms with van der Waals surface area (Å²) in [7, 11) is 1.43. The highest BCUT2D eigenvalue weighted by Gasteiger charge is 2.16. The van der Waals surface area contributed by atoms with E-state index in [-0.39, 0.29) is 53.5 Å². The number of rotatable bonds is 9. The first-order valence-corrected chi connectivity index (χ1v) is 10.3. The molecule has 11 heteroatoms. The van der Waals surface area contributed by atoms with Crippen LogP contribution in [0.2, 0.25) is 0 Å². The number of hydrogen-bond donors (Lipinski definition) is 3. The molecule has 1 aromatic heterocycles. The number of halogens is 2. The van der Waals surface area contributed by atoms with Gasteiger partial charge in [-0.1, -0.05) is 0 Å². The molecule has 0 aliphatic heterocycles. The number of carbonyl (C=O) groups excluding carboxylic acids is 2. The van der Waals surface area contributed by atoms with Gasteiger partial charge in [0.1, 0.15) is 5.69 Å². The number of nitrogens with one attached hydrogen (secondary N) is 2. The second-order valence-corrected chi connectivity index (χ2v) is 7.92. The van der Waals surface area contributed by atoms with Crippen molar-refractivity contribution >= 4 is 53.1 Å². The van der Waals surface area contributed by atoms with Crippen LogP contribution in [0, 0.1) is 0 Å². The van der Waals surface area contributed by atoms with Crippen LogP contribution in [0.25, 0.3) is 0 Å². The Morgan fingerprint density at radius 1 is 1.16 bits per heavy atom. The Morgan fingerprint density at radius 3 is 2.35 bits per heavy atom. The van der Waals surface area contributed by atoms with Crippen molar-refractivity contribution < 1.29 is 19.4 Å². The second kappa shape index (κ2) is 13.4. The molecule has 0 aliphatic carbocycles. The van der Waals surface area contributed by atoms with Crippen LogP contribution in [-0.4, -0.2) is 59.1 Å². The van der Waals surface area contributed by atoms with Gasteiger partial charge in [-0.3, -0.25) is 19.8 Å². The zero-order valence-corrected chi connectivity index (χ0v) is 20.6. The van der Waals surface area contributed by atoms with Gasteiger partial charge < -0.3 is 15.2 Å². The number of phenolic OH excluding ortho intramolecular Hbond substituents is 1. The highest BCUT2D eigenvalue weighted by Crippen LogP contribution is 2.26. The number of nitrogens with zero attached hydrogens (tertiary/aromatic N) is 2. The molecule has 2 rings (SSSR count). The number of ether oxygens (including phenoxy) is 1. The first-order chi connectivity index (χ1) is 13.7. The molecule has 1 aromatic carbocycles. The fourth-order valence-electron chi connectivity index (χ4n) is 2.94. The van der Waals surface area contributed by atoms with Crippen molar-refractivity contribution in [2.75, 3.05) is 25.5 Å². The summed E-state index contributed by atoms with van der Waals surface area (Å²) in [5, 5.41) is 17.2. The molecule has 2 amide bonds. The van der Waals surface area contributed by atoms with Crippen LogP contribution < -0.4 is 15.4 Å². The minimum atomic E-state index is -0.436. The fourth-order valence-corrected chi connectivity index (χ4v) is 3.62. The average Bonchev–Trinajstić information content (AvgIpc) is 3.12. The molecule has 0 aliphatic rings. The monoisotopic (exact) mass is 492 g/mol. The lowest BCUT2D eigenvalue weighted by atomic mass is 10.2. The number of aromatic nitrogens is 1. The topological polar surface area (TPSA) is 104 Å². The lowest BCUT2D eigenvalue weighted by Gasteiger charge is -2.30. The van der Waals surface area contributed by atoms with E-state index in [2.05, 4.69) is 48.2 Å². The van der Waals surface area contributed by atoms with E-state index in [1.165, 1.54) is 25.3 Å². The summed E-state index contributed by atoms with van der Waals surface area (Å²) in [4.78, 5) is 31.1. The van der Waals surface area contributed by atoms with Gasteiger partial charge in [-0.25, -0.2) is 4.98 Å². The Bertz CT molecular complexity index is 853. The number of methoxy groups -OCH3 is 1. The number of aromatic hydroxyl groups is 1. The minimum absolute atomic E-state index is 0. The molecular formula is C20H30Cl2N4O4S. The zero-order valence-electron chi connectivity index (χ0n) is 18.2. The number of hydrogen-bond acceptors (Lipinski definition) is 7. The summed E-state index contributed by atoms with van der Waals surface area (Å²) in [6.07, 6.45) is 0. The Hall–Kier alpha value is -2.07. The Morgan fingerprint density at radius 2 is 1.81 bits per heavy atom. The van der Waals surface area contributed by atoms with Crippen LogP contribution in [0.4, 0.5) is 5.13 Å². The van der Waals surface area contributed by atoms with Crippen molar-refractivity contribution in [2.24, 2.45) is 0 Å². The van der Waals surface area contributed by atoms with Crippen LogP contribution in [0.5, 0.6) is 11.5 Å². The molecule has 8 nitrogen and oxygen atoms in total. The van der Waals surface area contributed by atoms with Gasteiger partial charge in [0.05, 0.1) is 7.11 Å². The fraction of sp³-hybridized carbons (Fsp3) is 0.450. The zero-order chi connectivity index (χ0) is 21.6. The van der Waals surface area contributed by atoms with E-state index in [9.17, 15) is 14.7 Å². The van der Waals surface area contributed by atoms with E-state index in [0.29, 0.717) is 23.8 Å². The van der Waals surface area contributed by atoms with E-state index < -0.39 is 5.91 Å². The molecule has 0 unspecified atom stereocenters. The van der Waals surface area contributed by atoms with Gasteiger partial charge in [-0.2, -0.15) is 0 Å². The van der Waals surface area contributed by atoms with Gasteiger partial charge in [0.25, 0.3) is 11.8 Å². The number of benzene rings is 1. The predicted octanol–water partition coefficient (Wildman–Crippen LogP) is 3.80. The molecule has 0 bridgehead atoms. The molecule has 174 valence electrons. The summed E-state index contributed by atoms with van der Waals surface area (Å²) >= 11 is 1.16. The van der Waals surface area contributed by atoms with E-state index in [1.54, 1.807) is 5.38 Å². The SMILES string of the molecule is COc1ccc(C(=O)Nc2nc(C(=O)NCCN(C(C)C)C(C)C)cs2)cc1O.Cl.Cl. The van der Waals surface area contributed by atoms with Gasteiger partial charge in [-0.05, 0) is 45.9 Å². The summed E-state index contributed by atoms with van der Waals surface area (Å²) in [5.41, 5.74) is 0.510. The number of phenols is 1. The quantitative estimate of drug-likeness (QED) is 0.491. The smallest absolute Gasteiger partial charge is 0.270 e. The van der Waals surface area contributed by atoms with Gasteiger partial charge in [0.15, 0.2) is 16.6 Å². The van der Waals surface area contributed by atoms with Crippen molar-refractivity contribution in [3.63, 3.8) is 0 Å². The van der Waals surface area contributed by atoms with Gasteiger partial charge in [-0.15, -0.1) is 36.2 Å². The third kappa shape index (κ3) is 8.17. The third-order valence-electron chi connectivity index (χ3n) is 4.38. The standard InChI is InChI=1S/C20H28N4O4S.2ClH/c1-12(2)24(13(3)4)9-8-21-19(27)15-11-29-20(22-15)23-18(26)14-6-7-17(28-5)16(25)10-14;;/h6-7,10-13,25H,8-9H2,1-5H3,(H,21,27)(H,22,23,26);2*1H. The maximum Gasteiger partial charge on any atom is 0.270 e. The van der Waals surface area contributed by atoms with Crippen molar-refractivity contribution in [1.29, 1.82) is 0 Å². The Labute approximate surface area is 199 Å². The van der Waals surface area contributed by atoms with E-state index in [1.807, 2.05) is 0 Å². The van der Waals surface area contributed by atoms with Crippen molar-refractivity contribution in [3.05, 3.63) is 34.8 Å².